The highest BCUT2D eigenvalue weighted by Crippen LogP contribution is 2.17. The molecule has 4 heteroatoms. The number of halogens is 1. The molecule has 2 aromatic carbocycles. The molecule has 0 heterocycles. The molecule has 1 atom stereocenters. The fourth-order valence-corrected chi connectivity index (χ4v) is 2.36. The van der Waals surface area contributed by atoms with E-state index in [2.05, 4.69) is 19.2 Å². The summed E-state index contributed by atoms with van der Waals surface area (Å²) in [6, 6.07) is 12.2. The van der Waals surface area contributed by atoms with Crippen LogP contribution in [0.2, 0.25) is 0 Å². The van der Waals surface area contributed by atoms with Crippen LogP contribution >= 0.6 is 0 Å². The third kappa shape index (κ3) is 4.39. The van der Waals surface area contributed by atoms with E-state index in [9.17, 15) is 9.18 Å². The summed E-state index contributed by atoms with van der Waals surface area (Å²) in [7, 11) is 0. The maximum absolute atomic E-state index is 13.7. The first kappa shape index (κ1) is 17.2. The molecule has 122 valence electrons. The van der Waals surface area contributed by atoms with Gasteiger partial charge < -0.3 is 11.1 Å². The molecule has 3 nitrogen and oxygen atoms in total. The van der Waals surface area contributed by atoms with Crippen LogP contribution in [0, 0.1) is 12.7 Å². The topological polar surface area (TPSA) is 55.1 Å². The third-order valence-electron chi connectivity index (χ3n) is 3.88. The zero-order chi connectivity index (χ0) is 17.0. The van der Waals surface area contributed by atoms with Gasteiger partial charge in [0, 0.05) is 12.6 Å². The molecule has 1 amide bonds. The molecule has 0 saturated heterocycles. The molecule has 1 unspecified atom stereocenters. The highest BCUT2D eigenvalue weighted by atomic mass is 19.1. The minimum absolute atomic E-state index is 0.0485. The predicted octanol–water partition coefficient (Wildman–Crippen LogP) is 3.69. The van der Waals surface area contributed by atoms with Gasteiger partial charge in [-0.1, -0.05) is 49.7 Å². The fourth-order valence-electron chi connectivity index (χ4n) is 2.36. The Bertz CT molecular complexity index is 680. The van der Waals surface area contributed by atoms with Crippen LogP contribution in [-0.4, -0.2) is 12.5 Å². The smallest absolute Gasteiger partial charge is 0.254 e. The van der Waals surface area contributed by atoms with Gasteiger partial charge in [-0.25, -0.2) is 4.39 Å². The highest BCUT2D eigenvalue weighted by molar-refractivity contribution is 5.94. The van der Waals surface area contributed by atoms with Crippen LogP contribution in [-0.2, 0) is 0 Å². The summed E-state index contributed by atoms with van der Waals surface area (Å²) in [5.41, 5.74) is 9.18. The maximum atomic E-state index is 13.7. The summed E-state index contributed by atoms with van der Waals surface area (Å²) in [4.78, 5) is 12.1. The Morgan fingerprint density at radius 2 is 1.74 bits per heavy atom. The van der Waals surface area contributed by atoms with Crippen molar-refractivity contribution in [2.75, 3.05) is 6.54 Å². The van der Waals surface area contributed by atoms with Gasteiger partial charge in [-0.2, -0.15) is 0 Å². The lowest BCUT2D eigenvalue weighted by molar-refractivity contribution is 0.0947. The quantitative estimate of drug-likeness (QED) is 0.884. The van der Waals surface area contributed by atoms with Gasteiger partial charge in [0.25, 0.3) is 5.91 Å². The van der Waals surface area contributed by atoms with E-state index in [4.69, 9.17) is 5.73 Å². The van der Waals surface area contributed by atoms with Crippen molar-refractivity contribution in [3.8, 4) is 0 Å². The average molecular weight is 314 g/mol. The monoisotopic (exact) mass is 314 g/mol. The molecule has 23 heavy (non-hydrogen) atoms. The van der Waals surface area contributed by atoms with Gasteiger partial charge >= 0.3 is 0 Å². The highest BCUT2D eigenvalue weighted by Gasteiger charge is 2.14. The van der Waals surface area contributed by atoms with Crippen molar-refractivity contribution < 1.29 is 9.18 Å². The number of nitrogens with two attached hydrogens (primary N) is 1. The zero-order valence-electron chi connectivity index (χ0n) is 13.8. The fraction of sp³-hybridized carbons (Fsp3) is 0.316. The molecule has 0 aliphatic carbocycles. The SMILES string of the molecule is Cc1ccc(F)c(C(=O)NCC(N)c2ccc(C(C)C)cc2)c1. The molecule has 0 radical (unpaired) electrons. The van der Waals surface area contributed by atoms with Crippen LogP contribution in [0.5, 0.6) is 0 Å². The standard InChI is InChI=1S/C19H23FN2O/c1-12(2)14-5-7-15(8-6-14)18(21)11-22-19(23)16-10-13(3)4-9-17(16)20/h4-10,12,18H,11,21H2,1-3H3,(H,22,23). The van der Waals surface area contributed by atoms with Gasteiger partial charge in [-0.15, -0.1) is 0 Å². The van der Waals surface area contributed by atoms with E-state index >= 15 is 0 Å². The van der Waals surface area contributed by atoms with Crippen molar-refractivity contribution in [1.29, 1.82) is 0 Å². The van der Waals surface area contributed by atoms with Crippen molar-refractivity contribution in [2.45, 2.75) is 32.7 Å². The lowest BCUT2D eigenvalue weighted by Gasteiger charge is -2.15. The molecule has 0 aliphatic heterocycles. The number of hydrogen-bond acceptors (Lipinski definition) is 2. The van der Waals surface area contributed by atoms with Crippen molar-refractivity contribution in [1.82, 2.24) is 5.32 Å². The van der Waals surface area contributed by atoms with E-state index in [0.717, 1.165) is 11.1 Å². The van der Waals surface area contributed by atoms with Crippen molar-refractivity contribution in [2.24, 2.45) is 5.73 Å². The first-order chi connectivity index (χ1) is 10.9. The largest absolute Gasteiger partial charge is 0.350 e. The molecule has 0 aliphatic rings. The van der Waals surface area contributed by atoms with Crippen molar-refractivity contribution in [3.05, 3.63) is 70.5 Å². The predicted molar refractivity (Wildman–Crippen MR) is 90.9 cm³/mol. The van der Waals surface area contributed by atoms with Crippen molar-refractivity contribution in [3.63, 3.8) is 0 Å². The Balaban J connectivity index is 1.99. The Labute approximate surface area is 136 Å². The van der Waals surface area contributed by atoms with E-state index in [1.807, 2.05) is 31.2 Å². The molecular weight excluding hydrogens is 291 g/mol. The normalized spacial score (nSPS) is 12.3. The van der Waals surface area contributed by atoms with Gasteiger partial charge in [0.15, 0.2) is 0 Å². The summed E-state index contributed by atoms with van der Waals surface area (Å²) in [5, 5.41) is 2.70. The van der Waals surface area contributed by atoms with E-state index < -0.39 is 11.7 Å². The molecule has 0 spiro atoms. The minimum atomic E-state index is -0.525. The third-order valence-corrected chi connectivity index (χ3v) is 3.88. The van der Waals surface area contributed by atoms with Crippen LogP contribution in [0.4, 0.5) is 4.39 Å². The Morgan fingerprint density at radius 3 is 2.35 bits per heavy atom. The van der Waals surface area contributed by atoms with E-state index in [1.54, 1.807) is 6.07 Å². The summed E-state index contributed by atoms with van der Waals surface area (Å²) in [5.74, 6) is -0.507. The number of amides is 1. The lowest BCUT2D eigenvalue weighted by Crippen LogP contribution is -2.32. The lowest BCUT2D eigenvalue weighted by atomic mass is 9.99. The first-order valence-corrected chi connectivity index (χ1v) is 7.78. The van der Waals surface area contributed by atoms with Crippen LogP contribution in [0.3, 0.4) is 0 Å². The van der Waals surface area contributed by atoms with Gasteiger partial charge in [-0.05, 0) is 36.1 Å². The second-order valence-electron chi connectivity index (χ2n) is 6.12. The average Bonchev–Trinajstić information content (AvgIpc) is 2.54. The molecule has 2 aromatic rings. The van der Waals surface area contributed by atoms with Crippen LogP contribution < -0.4 is 11.1 Å². The van der Waals surface area contributed by atoms with Crippen LogP contribution in [0.1, 0.15) is 52.9 Å². The number of aryl methyl sites for hydroxylation is 1. The number of rotatable bonds is 5. The van der Waals surface area contributed by atoms with Gasteiger partial charge in [0.05, 0.1) is 5.56 Å². The van der Waals surface area contributed by atoms with Gasteiger partial charge in [-0.3, -0.25) is 4.79 Å². The number of carbonyl (C=O) groups is 1. The van der Waals surface area contributed by atoms with Gasteiger partial charge in [0.1, 0.15) is 5.82 Å². The van der Waals surface area contributed by atoms with E-state index in [-0.39, 0.29) is 18.2 Å². The summed E-state index contributed by atoms with van der Waals surface area (Å²) >= 11 is 0. The summed E-state index contributed by atoms with van der Waals surface area (Å²) in [6.07, 6.45) is 0. The van der Waals surface area contributed by atoms with Gasteiger partial charge in [0.2, 0.25) is 0 Å². The summed E-state index contributed by atoms with van der Waals surface area (Å²) in [6.45, 7) is 6.34. The second-order valence-corrected chi connectivity index (χ2v) is 6.12. The first-order valence-electron chi connectivity index (χ1n) is 7.78. The van der Waals surface area contributed by atoms with E-state index in [1.165, 1.54) is 17.7 Å². The number of nitrogens with one attached hydrogen (secondary N) is 1. The molecule has 0 bridgehead atoms. The molecule has 0 fully saturated rings. The molecule has 3 N–H and O–H groups in total. The summed E-state index contributed by atoms with van der Waals surface area (Å²) < 4.78 is 13.7. The molecule has 0 saturated carbocycles. The van der Waals surface area contributed by atoms with Crippen LogP contribution in [0.25, 0.3) is 0 Å². The van der Waals surface area contributed by atoms with Crippen molar-refractivity contribution >= 4 is 5.91 Å². The Kier molecular flexibility index (Phi) is 5.50. The van der Waals surface area contributed by atoms with Crippen LogP contribution in [0.15, 0.2) is 42.5 Å². The zero-order valence-corrected chi connectivity index (χ0v) is 13.8. The number of carbonyl (C=O) groups excluding carboxylic acids is 1. The second kappa shape index (κ2) is 7.38. The van der Waals surface area contributed by atoms with E-state index in [0.29, 0.717) is 5.92 Å². The molecule has 2 rings (SSSR count). The number of hydrogen-bond donors (Lipinski definition) is 2. The minimum Gasteiger partial charge on any atom is -0.350 e. The molecular formula is C19H23FN2O. The Morgan fingerprint density at radius 1 is 1.13 bits per heavy atom. The Hall–Kier alpha value is -2.20. The maximum Gasteiger partial charge on any atom is 0.254 e. The number of benzene rings is 2. The molecule has 0 aromatic heterocycles.